The van der Waals surface area contributed by atoms with Gasteiger partial charge in [-0.1, -0.05) is 10.3 Å². The normalized spacial score (nSPS) is 7.56. The van der Waals surface area contributed by atoms with Gasteiger partial charge in [-0.15, -0.1) is 0 Å². The van der Waals surface area contributed by atoms with Crippen molar-refractivity contribution in [1.82, 2.24) is 0 Å². The standard InChI is InChI=1S/C2H4N2O2.Mg.2H2O.2H/c5-3-1-2-4-6;;;;;/h1-2,5-6H;;2*1H2;;/q;+2;;;2*-1/b3-1+,4-2+;;;;;. The van der Waals surface area contributed by atoms with Gasteiger partial charge < -0.3 is 24.2 Å². The van der Waals surface area contributed by atoms with Gasteiger partial charge >= 0.3 is 23.1 Å². The molecule has 0 radical (unpaired) electrons. The first-order valence-electron chi connectivity index (χ1n) is 1.25. The van der Waals surface area contributed by atoms with Crippen LogP contribution in [0.15, 0.2) is 10.3 Å². The van der Waals surface area contributed by atoms with Crippen molar-refractivity contribution < 1.29 is 24.2 Å². The molecule has 0 aliphatic carbocycles. The number of nitrogens with zero attached hydrogens (tertiary/aromatic N) is 2. The summed E-state index contributed by atoms with van der Waals surface area (Å²) in [4.78, 5) is 0. The van der Waals surface area contributed by atoms with Gasteiger partial charge in [-0.25, -0.2) is 0 Å². The Morgan fingerprint density at radius 3 is 1.33 bits per heavy atom. The van der Waals surface area contributed by atoms with E-state index in [2.05, 4.69) is 10.3 Å². The number of hydrogen-bond donors (Lipinski definition) is 2. The Bertz CT molecular complexity index is 72.5. The van der Waals surface area contributed by atoms with Crippen LogP contribution in [0.25, 0.3) is 0 Å². The molecule has 9 heavy (non-hydrogen) atoms. The second-order valence-corrected chi connectivity index (χ2v) is 0.529. The molecule has 6 nitrogen and oxygen atoms in total. The van der Waals surface area contributed by atoms with Crippen molar-refractivity contribution in [2.75, 3.05) is 0 Å². The Kier molecular flexibility index (Phi) is 66.3. The molecule has 0 heterocycles. The number of rotatable bonds is 1. The summed E-state index contributed by atoms with van der Waals surface area (Å²) >= 11 is 0. The molecule has 0 spiro atoms. The molecule has 0 aromatic rings. The van der Waals surface area contributed by atoms with Gasteiger partial charge in [-0.3, -0.25) is 0 Å². The molecule has 0 aliphatic rings. The largest absolute Gasteiger partial charge is 2.00 e. The first-order valence-corrected chi connectivity index (χ1v) is 1.25. The van der Waals surface area contributed by atoms with Crippen LogP contribution in [0, 0.1) is 0 Å². The van der Waals surface area contributed by atoms with Gasteiger partial charge in [0, 0.05) is 0 Å². The van der Waals surface area contributed by atoms with Gasteiger partial charge in [-0.05, 0) is 0 Å². The Morgan fingerprint density at radius 1 is 1.00 bits per heavy atom. The Balaban J connectivity index is -0.0000000125. The molecule has 0 unspecified atom stereocenters. The summed E-state index contributed by atoms with van der Waals surface area (Å²) in [6, 6.07) is 0. The Hall–Kier alpha value is -0.374. The maximum absolute atomic E-state index is 7.56. The van der Waals surface area contributed by atoms with Crippen LogP contribution < -0.4 is 0 Å². The molecule has 6 N–H and O–H groups in total. The van der Waals surface area contributed by atoms with Crippen molar-refractivity contribution >= 4 is 35.5 Å². The van der Waals surface area contributed by atoms with Gasteiger partial charge in [-0.2, -0.15) is 0 Å². The average molecular weight is 150 g/mol. The molecule has 54 valence electrons. The molecule has 0 atom stereocenters. The average Bonchev–Trinajstić information content (AvgIpc) is 1.61. The van der Waals surface area contributed by atoms with E-state index in [4.69, 9.17) is 10.4 Å². The van der Waals surface area contributed by atoms with Gasteiger partial charge in [0.1, 0.15) is 0 Å². The van der Waals surface area contributed by atoms with Crippen LogP contribution in [0.3, 0.4) is 0 Å². The zero-order valence-electron chi connectivity index (χ0n) is 6.65. The van der Waals surface area contributed by atoms with E-state index in [-0.39, 0.29) is 36.9 Å². The first-order chi connectivity index (χ1) is 2.91. The number of hydrogen-bond acceptors (Lipinski definition) is 4. The predicted octanol–water partition coefficient (Wildman–Crippen LogP) is -1.90. The van der Waals surface area contributed by atoms with Crippen molar-refractivity contribution in [1.29, 1.82) is 0 Å². The molecule has 0 saturated carbocycles. The van der Waals surface area contributed by atoms with Crippen molar-refractivity contribution in [3.05, 3.63) is 0 Å². The minimum absolute atomic E-state index is 0. The van der Waals surface area contributed by atoms with Crippen molar-refractivity contribution in [3.63, 3.8) is 0 Å². The summed E-state index contributed by atoms with van der Waals surface area (Å²) < 4.78 is 0. The zero-order valence-corrected chi connectivity index (χ0v) is 6.06. The van der Waals surface area contributed by atoms with Gasteiger partial charge in [0.25, 0.3) is 0 Å². The number of oxime groups is 2. The first kappa shape index (κ1) is 23.4. The summed E-state index contributed by atoms with van der Waals surface area (Å²) in [7, 11) is 0. The molecular formula is C2H10MgN2O4. The third-order valence-electron chi connectivity index (χ3n) is 0.200. The SMILES string of the molecule is O.O.O/N=C/C=N/O.[H-].[H-].[Mg+2]. The fourth-order valence-corrected chi connectivity index (χ4v) is 0.0596. The smallest absolute Gasteiger partial charge is 1.00 e. The van der Waals surface area contributed by atoms with Crippen molar-refractivity contribution in [3.8, 4) is 0 Å². The molecule has 0 saturated heterocycles. The summed E-state index contributed by atoms with van der Waals surface area (Å²) in [5.41, 5.74) is 0. The fraction of sp³-hybridized carbons (Fsp3) is 0. The summed E-state index contributed by atoms with van der Waals surface area (Å²) in [6.07, 6.45) is 1.89. The minimum atomic E-state index is 0. The predicted molar refractivity (Wildman–Crippen MR) is 35.8 cm³/mol. The minimum Gasteiger partial charge on any atom is -1.00 e. The van der Waals surface area contributed by atoms with Crippen molar-refractivity contribution in [2.24, 2.45) is 10.3 Å². The van der Waals surface area contributed by atoms with E-state index in [1.165, 1.54) is 0 Å². The van der Waals surface area contributed by atoms with Gasteiger partial charge in [0.2, 0.25) is 0 Å². The molecule has 7 heteroatoms. The van der Waals surface area contributed by atoms with Crippen LogP contribution in [0.2, 0.25) is 0 Å². The molecule has 0 aromatic carbocycles. The van der Waals surface area contributed by atoms with Crippen LogP contribution in [0.4, 0.5) is 0 Å². The third kappa shape index (κ3) is 35.0. The van der Waals surface area contributed by atoms with Gasteiger partial charge in [0.15, 0.2) is 0 Å². The van der Waals surface area contributed by atoms with E-state index in [1.54, 1.807) is 0 Å². The van der Waals surface area contributed by atoms with E-state index >= 15 is 0 Å². The Morgan fingerprint density at radius 2 is 1.22 bits per heavy atom. The van der Waals surface area contributed by atoms with E-state index < -0.39 is 0 Å². The second-order valence-electron chi connectivity index (χ2n) is 0.529. The van der Waals surface area contributed by atoms with Crippen molar-refractivity contribution in [2.45, 2.75) is 0 Å². The maximum atomic E-state index is 7.56. The fourth-order valence-electron chi connectivity index (χ4n) is 0.0596. The zero-order chi connectivity index (χ0) is 4.83. The van der Waals surface area contributed by atoms with E-state index in [9.17, 15) is 0 Å². The summed E-state index contributed by atoms with van der Waals surface area (Å²) in [5.74, 6) is 0. The van der Waals surface area contributed by atoms with Crippen LogP contribution in [-0.2, 0) is 0 Å². The molecule has 0 bridgehead atoms. The van der Waals surface area contributed by atoms with Crippen LogP contribution in [-0.4, -0.2) is 56.8 Å². The van der Waals surface area contributed by atoms with E-state index in [0.29, 0.717) is 0 Å². The second kappa shape index (κ2) is 25.5. The Labute approximate surface area is 70.6 Å². The van der Waals surface area contributed by atoms with E-state index in [1.807, 2.05) is 0 Å². The third-order valence-corrected chi connectivity index (χ3v) is 0.200. The van der Waals surface area contributed by atoms with Gasteiger partial charge in [0.05, 0.1) is 12.4 Å². The molecule has 0 aromatic heterocycles. The van der Waals surface area contributed by atoms with Crippen LogP contribution in [0.5, 0.6) is 0 Å². The summed E-state index contributed by atoms with van der Waals surface area (Å²) in [6.45, 7) is 0. The van der Waals surface area contributed by atoms with E-state index in [0.717, 1.165) is 12.4 Å². The molecule has 0 rings (SSSR count). The monoisotopic (exact) mass is 150 g/mol. The van der Waals surface area contributed by atoms with Crippen LogP contribution >= 0.6 is 0 Å². The summed E-state index contributed by atoms with van der Waals surface area (Å²) in [5, 5.41) is 20.1. The molecule has 0 aliphatic heterocycles. The molecule has 0 amide bonds. The molecular weight excluding hydrogens is 140 g/mol. The van der Waals surface area contributed by atoms with Crippen LogP contribution in [0.1, 0.15) is 2.85 Å². The molecule has 0 fully saturated rings. The quantitative estimate of drug-likeness (QED) is 0.196. The maximum Gasteiger partial charge on any atom is 2.00 e. The topological polar surface area (TPSA) is 128 Å².